The third-order valence-corrected chi connectivity index (χ3v) is 8.06. The van der Waals surface area contributed by atoms with Gasteiger partial charge in [0, 0.05) is 12.6 Å². The monoisotopic (exact) mass is 419 g/mol. The van der Waals surface area contributed by atoms with Gasteiger partial charge in [0.1, 0.15) is 0 Å². The molecule has 1 aliphatic rings. The van der Waals surface area contributed by atoms with Gasteiger partial charge in [-0.25, -0.2) is 8.42 Å². The minimum absolute atomic E-state index is 0.0740. The highest BCUT2D eigenvalue weighted by atomic mass is 32.2. The number of sulfonamides is 1. The fourth-order valence-corrected chi connectivity index (χ4v) is 6.12. The third kappa shape index (κ3) is 5.80. The minimum atomic E-state index is -3.66. The van der Waals surface area contributed by atoms with Crippen LogP contribution in [0.1, 0.15) is 63.9 Å². The van der Waals surface area contributed by atoms with Crippen LogP contribution in [0.4, 0.5) is 0 Å². The van der Waals surface area contributed by atoms with Gasteiger partial charge in [-0.15, -0.1) is 13.2 Å². The lowest BCUT2D eigenvalue weighted by Crippen LogP contribution is -2.42. The van der Waals surface area contributed by atoms with Crippen molar-refractivity contribution in [3.8, 4) is 0 Å². The standard InChI is InChI=1S/C24H37NO3S/c1-5-8-11-21(12-9-6-2)24(26)18-22(13-10-7-3)25(19-24)29(27,28)23-16-14-20(4)15-17-23/h5,7,14-17,21-22,26H,1,3,6,8-13,18-19H2,2,4H3/t21?,22-,24?/m1/s1. The van der Waals surface area contributed by atoms with Crippen LogP contribution in [-0.2, 0) is 10.0 Å². The van der Waals surface area contributed by atoms with Crippen LogP contribution in [-0.4, -0.2) is 36.0 Å². The predicted octanol–water partition coefficient (Wildman–Crippen LogP) is 5.23. The number of allylic oxidation sites excluding steroid dienone is 2. The molecule has 5 heteroatoms. The lowest BCUT2D eigenvalue weighted by molar-refractivity contribution is -0.0129. The molecule has 1 fully saturated rings. The summed E-state index contributed by atoms with van der Waals surface area (Å²) in [5.41, 5.74) is 0.0241. The van der Waals surface area contributed by atoms with Gasteiger partial charge in [0.05, 0.1) is 10.5 Å². The first-order chi connectivity index (χ1) is 13.8. The Morgan fingerprint density at radius 2 is 1.86 bits per heavy atom. The quantitative estimate of drug-likeness (QED) is 0.472. The number of hydrogen-bond acceptors (Lipinski definition) is 3. The second-order valence-corrected chi connectivity index (χ2v) is 10.3. The molecule has 1 saturated heterocycles. The van der Waals surface area contributed by atoms with Gasteiger partial charge >= 0.3 is 0 Å². The molecule has 0 spiro atoms. The van der Waals surface area contributed by atoms with E-state index in [-0.39, 0.29) is 18.5 Å². The molecule has 0 saturated carbocycles. The van der Waals surface area contributed by atoms with Crippen molar-refractivity contribution in [2.45, 2.75) is 81.8 Å². The topological polar surface area (TPSA) is 57.6 Å². The zero-order chi connectivity index (χ0) is 21.5. The van der Waals surface area contributed by atoms with E-state index in [0.717, 1.165) is 44.1 Å². The molecule has 2 rings (SSSR count). The van der Waals surface area contributed by atoms with Crippen molar-refractivity contribution in [3.05, 3.63) is 55.1 Å². The largest absolute Gasteiger partial charge is 0.388 e. The number of aryl methyl sites for hydroxylation is 1. The molecule has 1 aromatic carbocycles. The maximum absolute atomic E-state index is 13.4. The molecular weight excluding hydrogens is 382 g/mol. The fourth-order valence-electron chi connectivity index (χ4n) is 4.40. The summed E-state index contributed by atoms with van der Waals surface area (Å²) >= 11 is 0. The molecule has 0 aromatic heterocycles. The maximum atomic E-state index is 13.4. The summed E-state index contributed by atoms with van der Waals surface area (Å²) in [4.78, 5) is 0.298. The first-order valence-electron chi connectivity index (χ1n) is 10.8. The summed E-state index contributed by atoms with van der Waals surface area (Å²) in [6.07, 6.45) is 10.3. The summed E-state index contributed by atoms with van der Waals surface area (Å²) in [5.74, 6) is 0.0740. The second kappa shape index (κ2) is 10.6. The molecule has 3 atom stereocenters. The number of rotatable bonds is 12. The number of benzene rings is 1. The van der Waals surface area contributed by atoms with Crippen LogP contribution in [0.3, 0.4) is 0 Å². The van der Waals surface area contributed by atoms with Gasteiger partial charge in [0.15, 0.2) is 0 Å². The van der Waals surface area contributed by atoms with Crippen LogP contribution in [0.25, 0.3) is 0 Å². The minimum Gasteiger partial charge on any atom is -0.388 e. The molecule has 162 valence electrons. The van der Waals surface area contributed by atoms with E-state index in [1.54, 1.807) is 16.4 Å². The van der Waals surface area contributed by atoms with Crippen LogP contribution in [0.5, 0.6) is 0 Å². The number of unbranched alkanes of at least 4 members (excludes halogenated alkanes) is 1. The Labute approximate surface area is 177 Å². The Morgan fingerprint density at radius 1 is 1.21 bits per heavy atom. The van der Waals surface area contributed by atoms with Gasteiger partial charge in [-0.2, -0.15) is 4.31 Å². The van der Waals surface area contributed by atoms with Crippen molar-refractivity contribution in [1.29, 1.82) is 0 Å². The Bertz CT molecular complexity index is 772. The molecule has 4 nitrogen and oxygen atoms in total. The van der Waals surface area contributed by atoms with E-state index in [4.69, 9.17) is 0 Å². The van der Waals surface area contributed by atoms with E-state index < -0.39 is 15.6 Å². The Morgan fingerprint density at radius 3 is 2.45 bits per heavy atom. The molecule has 0 bridgehead atoms. The summed E-state index contributed by atoms with van der Waals surface area (Å²) < 4.78 is 28.4. The lowest BCUT2D eigenvalue weighted by atomic mass is 9.79. The average molecular weight is 420 g/mol. The molecule has 29 heavy (non-hydrogen) atoms. The molecule has 2 unspecified atom stereocenters. The molecule has 1 N–H and O–H groups in total. The average Bonchev–Trinajstić information content (AvgIpc) is 3.05. The number of nitrogens with zero attached hydrogens (tertiary/aromatic N) is 1. The second-order valence-electron chi connectivity index (χ2n) is 8.40. The van der Waals surface area contributed by atoms with Crippen molar-refractivity contribution in [3.63, 3.8) is 0 Å². The molecule has 1 heterocycles. The van der Waals surface area contributed by atoms with Crippen LogP contribution in [0.2, 0.25) is 0 Å². The van der Waals surface area contributed by atoms with Gasteiger partial charge in [-0.3, -0.25) is 0 Å². The lowest BCUT2D eigenvalue weighted by Gasteiger charge is -2.33. The van der Waals surface area contributed by atoms with Gasteiger partial charge in [-0.05, 0) is 63.5 Å². The third-order valence-electron chi connectivity index (χ3n) is 6.14. The smallest absolute Gasteiger partial charge is 0.243 e. The van der Waals surface area contributed by atoms with Gasteiger partial charge in [-0.1, -0.05) is 49.6 Å². The van der Waals surface area contributed by atoms with E-state index in [1.807, 2.05) is 31.2 Å². The molecule has 0 amide bonds. The Kier molecular flexibility index (Phi) is 8.68. The van der Waals surface area contributed by atoms with E-state index in [0.29, 0.717) is 17.7 Å². The zero-order valence-electron chi connectivity index (χ0n) is 18.0. The van der Waals surface area contributed by atoms with E-state index in [1.165, 1.54) is 0 Å². The van der Waals surface area contributed by atoms with Crippen molar-refractivity contribution in [2.24, 2.45) is 5.92 Å². The molecule has 1 aliphatic heterocycles. The van der Waals surface area contributed by atoms with E-state index in [9.17, 15) is 13.5 Å². The molecule has 1 aromatic rings. The zero-order valence-corrected chi connectivity index (χ0v) is 18.8. The number of aliphatic hydroxyl groups is 1. The molecule has 0 radical (unpaired) electrons. The highest BCUT2D eigenvalue weighted by molar-refractivity contribution is 7.89. The molecular formula is C24H37NO3S. The van der Waals surface area contributed by atoms with Crippen LogP contribution in [0.15, 0.2) is 54.5 Å². The van der Waals surface area contributed by atoms with Crippen LogP contribution >= 0.6 is 0 Å². The predicted molar refractivity (Wildman–Crippen MR) is 120 cm³/mol. The van der Waals surface area contributed by atoms with E-state index in [2.05, 4.69) is 20.1 Å². The van der Waals surface area contributed by atoms with Crippen LogP contribution in [0, 0.1) is 12.8 Å². The van der Waals surface area contributed by atoms with E-state index >= 15 is 0 Å². The normalized spacial score (nSPS) is 23.8. The first kappa shape index (κ1) is 23.8. The van der Waals surface area contributed by atoms with Crippen molar-refractivity contribution < 1.29 is 13.5 Å². The van der Waals surface area contributed by atoms with Gasteiger partial charge in [0.25, 0.3) is 0 Å². The summed E-state index contributed by atoms with van der Waals surface area (Å²) in [6.45, 7) is 11.9. The summed E-state index contributed by atoms with van der Waals surface area (Å²) in [7, 11) is -3.66. The number of β-amino-alcohol motifs (C(OH)–C–C–N with tert-alkyl or cyclic N) is 1. The fraction of sp³-hybridized carbons (Fsp3) is 0.583. The van der Waals surface area contributed by atoms with Gasteiger partial charge in [0.2, 0.25) is 10.0 Å². The summed E-state index contributed by atoms with van der Waals surface area (Å²) in [6, 6.07) is 6.76. The van der Waals surface area contributed by atoms with Gasteiger partial charge < -0.3 is 5.11 Å². The molecule has 0 aliphatic carbocycles. The van der Waals surface area contributed by atoms with Crippen molar-refractivity contribution in [1.82, 2.24) is 4.31 Å². The number of hydrogen-bond donors (Lipinski definition) is 1. The highest BCUT2D eigenvalue weighted by Gasteiger charge is 2.50. The highest BCUT2D eigenvalue weighted by Crippen LogP contribution is 2.42. The van der Waals surface area contributed by atoms with Crippen molar-refractivity contribution >= 4 is 10.0 Å². The Balaban J connectivity index is 2.35. The SMILES string of the molecule is C=CCCC(CCCC)C1(O)C[C@@H](CCC=C)N(S(=O)(=O)c2ccc(C)cc2)C1. The van der Waals surface area contributed by atoms with Crippen LogP contribution < -0.4 is 0 Å². The first-order valence-corrected chi connectivity index (χ1v) is 12.2. The van der Waals surface area contributed by atoms with Crippen molar-refractivity contribution in [2.75, 3.05) is 6.54 Å². The summed E-state index contributed by atoms with van der Waals surface area (Å²) in [5, 5.41) is 11.6. The maximum Gasteiger partial charge on any atom is 0.243 e. The Hall–Kier alpha value is -1.43.